The molecule has 0 atom stereocenters. The molecule has 0 N–H and O–H groups in total. The topological polar surface area (TPSA) is 27.0 Å². The van der Waals surface area contributed by atoms with E-state index >= 15 is 0 Å². The summed E-state index contributed by atoms with van der Waals surface area (Å²) in [6.07, 6.45) is 2.34. The lowest BCUT2D eigenvalue weighted by molar-refractivity contribution is 0.949. The fourth-order valence-electron chi connectivity index (χ4n) is 1.87. The minimum atomic E-state index is 0.364. The van der Waals surface area contributed by atoms with Crippen LogP contribution in [0.15, 0.2) is 12.1 Å². The minimum Gasteiger partial charge on any atom is -0.370 e. The van der Waals surface area contributed by atoms with Gasteiger partial charge in [-0.25, -0.2) is 0 Å². The summed E-state index contributed by atoms with van der Waals surface area (Å²) in [5, 5.41) is 9.87. The van der Waals surface area contributed by atoms with Crippen molar-refractivity contribution in [1.82, 2.24) is 0 Å². The molecule has 78 valence electrons. The quantitative estimate of drug-likeness (QED) is 0.752. The summed E-state index contributed by atoms with van der Waals surface area (Å²) in [7, 11) is 0. The Balaban J connectivity index is 2.47. The van der Waals surface area contributed by atoms with Crippen LogP contribution in [0.1, 0.15) is 18.4 Å². The number of nitrogens with zero attached hydrogens (tertiary/aromatic N) is 2. The molecule has 0 aliphatic carbocycles. The fraction of sp³-hybridized carbons (Fsp3) is 0.364. The van der Waals surface area contributed by atoms with Crippen LogP contribution in [-0.4, -0.2) is 13.1 Å². The second kappa shape index (κ2) is 4.30. The highest BCUT2D eigenvalue weighted by atomic mass is 35.5. The monoisotopic (exact) mass is 240 g/mol. The van der Waals surface area contributed by atoms with Crippen molar-refractivity contribution in [3.05, 3.63) is 27.7 Å². The number of hydrogen-bond donors (Lipinski definition) is 0. The molecule has 0 saturated carbocycles. The summed E-state index contributed by atoms with van der Waals surface area (Å²) < 4.78 is 0. The highest BCUT2D eigenvalue weighted by Crippen LogP contribution is 2.34. The molecule has 0 radical (unpaired) electrons. The second-order valence-corrected chi connectivity index (χ2v) is 4.35. The number of halogens is 2. The van der Waals surface area contributed by atoms with E-state index in [9.17, 15) is 0 Å². The lowest BCUT2D eigenvalue weighted by Crippen LogP contribution is -2.18. The number of rotatable bonds is 1. The van der Waals surface area contributed by atoms with Gasteiger partial charge >= 0.3 is 0 Å². The van der Waals surface area contributed by atoms with Gasteiger partial charge in [-0.2, -0.15) is 5.26 Å². The van der Waals surface area contributed by atoms with Crippen LogP contribution < -0.4 is 4.90 Å². The molecule has 1 aliphatic rings. The lowest BCUT2D eigenvalue weighted by atomic mass is 10.2. The third kappa shape index (κ3) is 1.90. The van der Waals surface area contributed by atoms with Gasteiger partial charge in [-0.05, 0) is 25.0 Å². The van der Waals surface area contributed by atoms with Gasteiger partial charge in [0.2, 0.25) is 0 Å². The van der Waals surface area contributed by atoms with Crippen LogP contribution in [-0.2, 0) is 0 Å². The molecular formula is C11H10Cl2N2. The zero-order valence-corrected chi connectivity index (χ0v) is 9.65. The van der Waals surface area contributed by atoms with E-state index in [2.05, 4.69) is 11.0 Å². The van der Waals surface area contributed by atoms with Gasteiger partial charge in [0.1, 0.15) is 6.07 Å². The Hall–Kier alpha value is -0.910. The van der Waals surface area contributed by atoms with E-state index in [0.29, 0.717) is 15.6 Å². The Kier molecular flexibility index (Phi) is 3.04. The third-order valence-electron chi connectivity index (χ3n) is 2.63. The standard InChI is InChI=1S/C11H10Cl2N2/c12-9-3-4-10(8(7-14)11(9)13)15-5-1-2-6-15/h3-4H,1-2,5-6H2. The molecule has 0 unspecified atom stereocenters. The van der Waals surface area contributed by atoms with Crippen LogP contribution in [0.5, 0.6) is 0 Å². The van der Waals surface area contributed by atoms with Gasteiger partial charge in [-0.3, -0.25) is 0 Å². The van der Waals surface area contributed by atoms with Gasteiger partial charge < -0.3 is 4.90 Å². The maximum Gasteiger partial charge on any atom is 0.103 e. The molecule has 0 amide bonds. The summed E-state index contributed by atoms with van der Waals surface area (Å²) in [6.45, 7) is 1.99. The summed E-state index contributed by atoms with van der Waals surface area (Å²) in [6, 6.07) is 5.75. The van der Waals surface area contributed by atoms with Crippen LogP contribution in [0.25, 0.3) is 0 Å². The molecule has 15 heavy (non-hydrogen) atoms. The molecule has 1 saturated heterocycles. The molecule has 2 rings (SSSR count). The Labute approximate surface area is 99.0 Å². The normalized spacial score (nSPS) is 15.4. The molecule has 1 aromatic carbocycles. The van der Waals surface area contributed by atoms with Gasteiger partial charge in [-0.1, -0.05) is 23.2 Å². The van der Waals surface area contributed by atoms with Gasteiger partial charge in [0.05, 0.1) is 21.3 Å². The maximum absolute atomic E-state index is 9.06. The molecule has 0 bridgehead atoms. The fourth-order valence-corrected chi connectivity index (χ4v) is 2.23. The summed E-state index contributed by atoms with van der Waals surface area (Å²) in [5.41, 5.74) is 1.40. The van der Waals surface area contributed by atoms with Crippen molar-refractivity contribution in [2.24, 2.45) is 0 Å². The van der Waals surface area contributed by atoms with Crippen molar-refractivity contribution >= 4 is 28.9 Å². The van der Waals surface area contributed by atoms with E-state index in [1.165, 1.54) is 12.8 Å². The van der Waals surface area contributed by atoms with E-state index in [-0.39, 0.29) is 0 Å². The predicted molar refractivity (Wildman–Crippen MR) is 62.6 cm³/mol. The SMILES string of the molecule is N#Cc1c(N2CCCC2)ccc(Cl)c1Cl. The van der Waals surface area contributed by atoms with Gasteiger partial charge in [-0.15, -0.1) is 0 Å². The molecule has 1 aromatic rings. The Bertz CT molecular complexity index is 417. The first-order valence-corrected chi connectivity index (χ1v) is 5.62. The number of anilines is 1. The summed E-state index contributed by atoms with van der Waals surface area (Å²) in [5.74, 6) is 0. The summed E-state index contributed by atoms with van der Waals surface area (Å²) >= 11 is 11.9. The van der Waals surface area contributed by atoms with E-state index in [1.807, 2.05) is 6.07 Å². The second-order valence-electron chi connectivity index (χ2n) is 3.56. The van der Waals surface area contributed by atoms with Crippen molar-refractivity contribution in [2.45, 2.75) is 12.8 Å². The van der Waals surface area contributed by atoms with Gasteiger partial charge in [0.15, 0.2) is 0 Å². The van der Waals surface area contributed by atoms with E-state index in [4.69, 9.17) is 28.5 Å². The largest absolute Gasteiger partial charge is 0.370 e. The Morgan fingerprint density at radius 2 is 1.87 bits per heavy atom. The Morgan fingerprint density at radius 3 is 2.47 bits per heavy atom. The molecule has 1 aliphatic heterocycles. The first kappa shape index (κ1) is 10.6. The predicted octanol–water partition coefficient (Wildman–Crippen LogP) is 3.47. The zero-order chi connectivity index (χ0) is 10.8. The van der Waals surface area contributed by atoms with E-state index in [1.54, 1.807) is 6.07 Å². The summed E-state index contributed by atoms with van der Waals surface area (Å²) in [4.78, 5) is 2.18. The first-order valence-electron chi connectivity index (χ1n) is 4.87. The van der Waals surface area contributed by atoms with Crippen LogP contribution in [0.2, 0.25) is 10.0 Å². The van der Waals surface area contributed by atoms with E-state index < -0.39 is 0 Å². The smallest absolute Gasteiger partial charge is 0.103 e. The lowest BCUT2D eigenvalue weighted by Gasteiger charge is -2.19. The number of benzene rings is 1. The molecule has 0 aromatic heterocycles. The minimum absolute atomic E-state index is 0.364. The van der Waals surface area contributed by atoms with Crippen LogP contribution >= 0.6 is 23.2 Å². The molecular weight excluding hydrogens is 231 g/mol. The molecule has 2 nitrogen and oxygen atoms in total. The van der Waals surface area contributed by atoms with Crippen LogP contribution in [0, 0.1) is 11.3 Å². The average molecular weight is 241 g/mol. The van der Waals surface area contributed by atoms with Crippen LogP contribution in [0.3, 0.4) is 0 Å². The third-order valence-corrected chi connectivity index (χ3v) is 3.44. The highest BCUT2D eigenvalue weighted by Gasteiger charge is 2.18. The van der Waals surface area contributed by atoms with Crippen molar-refractivity contribution in [2.75, 3.05) is 18.0 Å². The molecule has 4 heteroatoms. The van der Waals surface area contributed by atoms with Crippen molar-refractivity contribution in [1.29, 1.82) is 5.26 Å². The highest BCUT2D eigenvalue weighted by molar-refractivity contribution is 6.43. The Morgan fingerprint density at radius 1 is 1.20 bits per heavy atom. The van der Waals surface area contributed by atoms with Gasteiger partial charge in [0.25, 0.3) is 0 Å². The van der Waals surface area contributed by atoms with Crippen LogP contribution in [0.4, 0.5) is 5.69 Å². The number of hydrogen-bond acceptors (Lipinski definition) is 2. The maximum atomic E-state index is 9.06. The molecule has 1 heterocycles. The number of nitriles is 1. The van der Waals surface area contributed by atoms with Crippen molar-refractivity contribution in [3.8, 4) is 6.07 Å². The molecule has 0 spiro atoms. The molecule has 1 fully saturated rings. The zero-order valence-electron chi connectivity index (χ0n) is 8.13. The first-order chi connectivity index (χ1) is 7.24. The van der Waals surface area contributed by atoms with Crippen molar-refractivity contribution in [3.63, 3.8) is 0 Å². The van der Waals surface area contributed by atoms with Crippen molar-refractivity contribution < 1.29 is 0 Å². The average Bonchev–Trinajstić information content (AvgIpc) is 2.75. The van der Waals surface area contributed by atoms with Gasteiger partial charge in [0, 0.05) is 13.1 Å². The van der Waals surface area contributed by atoms with E-state index in [0.717, 1.165) is 18.8 Å².